The summed E-state index contributed by atoms with van der Waals surface area (Å²) in [5.74, 6) is -0.709. The van der Waals surface area contributed by atoms with E-state index in [4.69, 9.17) is 5.11 Å². The highest BCUT2D eigenvalue weighted by Gasteiger charge is 2.24. The lowest BCUT2D eigenvalue weighted by molar-refractivity contribution is -0.142. The van der Waals surface area contributed by atoms with Crippen LogP contribution in [0.15, 0.2) is 12.7 Å². The van der Waals surface area contributed by atoms with Crippen LogP contribution in [-0.2, 0) is 4.79 Å². The highest BCUT2D eigenvalue weighted by Crippen LogP contribution is 2.23. The van der Waals surface area contributed by atoms with Gasteiger partial charge in [0.05, 0.1) is 5.92 Å². The minimum absolute atomic E-state index is 0.0837. The van der Waals surface area contributed by atoms with Crippen molar-refractivity contribution in [1.29, 1.82) is 0 Å². The number of aliphatic carboxylic acids is 1. The maximum absolute atomic E-state index is 10.5. The van der Waals surface area contributed by atoms with E-state index >= 15 is 0 Å². The number of nitrogens with one attached hydrogen (secondary N) is 1. The van der Waals surface area contributed by atoms with E-state index in [2.05, 4.69) is 11.9 Å². The summed E-state index contributed by atoms with van der Waals surface area (Å²) in [6, 6.07) is 0.547. The first-order chi connectivity index (χ1) is 7.65. The first kappa shape index (κ1) is 17.6. The van der Waals surface area contributed by atoms with Gasteiger partial charge in [-0.25, -0.2) is 0 Å². The highest BCUT2D eigenvalue weighted by molar-refractivity contribution is 5.70. The van der Waals surface area contributed by atoms with E-state index in [1.807, 2.05) is 27.8 Å². The molecule has 0 unspecified atom stereocenters. The predicted octanol–water partition coefficient (Wildman–Crippen LogP) is 3.07. The fourth-order valence-electron chi connectivity index (χ4n) is 1.63. The minimum atomic E-state index is -0.625. The van der Waals surface area contributed by atoms with Crippen LogP contribution < -0.4 is 5.32 Å². The second kappa shape index (κ2) is 12.2. The van der Waals surface area contributed by atoms with Gasteiger partial charge < -0.3 is 10.4 Å². The van der Waals surface area contributed by atoms with Crippen molar-refractivity contribution >= 4 is 5.97 Å². The SMILES string of the molecule is C=CC.CC.CNC1CCC(C(=O)O)CC1. The van der Waals surface area contributed by atoms with Crippen LogP contribution in [0.5, 0.6) is 0 Å². The van der Waals surface area contributed by atoms with E-state index in [9.17, 15) is 4.79 Å². The van der Waals surface area contributed by atoms with Crippen molar-refractivity contribution < 1.29 is 9.90 Å². The Hall–Kier alpha value is -0.830. The Bertz CT molecular complexity index is 173. The number of carboxylic acid groups (broad SMARTS) is 1. The van der Waals surface area contributed by atoms with Crippen LogP contribution in [0.1, 0.15) is 46.5 Å². The standard InChI is InChI=1S/C8H15NO2.C3H6.C2H6/c1-9-7-4-2-6(3-5-7)8(10)11;1-3-2;1-2/h6-7,9H,2-5H2,1H3,(H,10,11);3H,1H2,2H3;1-2H3. The molecule has 1 aliphatic carbocycles. The number of allylic oxidation sites excluding steroid dienone is 1. The third-order valence-electron chi connectivity index (χ3n) is 2.48. The molecule has 3 heteroatoms. The molecule has 1 fully saturated rings. The molecule has 0 radical (unpaired) electrons. The Kier molecular flexibility index (Phi) is 13.4. The quantitative estimate of drug-likeness (QED) is 0.715. The van der Waals surface area contributed by atoms with E-state index in [-0.39, 0.29) is 5.92 Å². The molecule has 0 saturated heterocycles. The van der Waals surface area contributed by atoms with Crippen LogP contribution in [0.25, 0.3) is 0 Å². The van der Waals surface area contributed by atoms with Crippen molar-refractivity contribution in [2.75, 3.05) is 7.05 Å². The van der Waals surface area contributed by atoms with Gasteiger partial charge in [-0.2, -0.15) is 0 Å². The average molecular weight is 229 g/mol. The molecule has 0 bridgehead atoms. The molecular weight excluding hydrogens is 202 g/mol. The van der Waals surface area contributed by atoms with Gasteiger partial charge in [-0.1, -0.05) is 19.9 Å². The van der Waals surface area contributed by atoms with Gasteiger partial charge in [0.15, 0.2) is 0 Å². The summed E-state index contributed by atoms with van der Waals surface area (Å²) in [5, 5.41) is 11.8. The summed E-state index contributed by atoms with van der Waals surface area (Å²) in [4.78, 5) is 10.5. The number of hydrogen-bond acceptors (Lipinski definition) is 2. The maximum atomic E-state index is 10.5. The van der Waals surface area contributed by atoms with Gasteiger partial charge >= 0.3 is 5.97 Å². The molecule has 0 atom stereocenters. The smallest absolute Gasteiger partial charge is 0.306 e. The van der Waals surface area contributed by atoms with Gasteiger partial charge in [0.1, 0.15) is 0 Å². The fraction of sp³-hybridized carbons (Fsp3) is 0.769. The van der Waals surface area contributed by atoms with Crippen LogP contribution in [0, 0.1) is 5.92 Å². The third-order valence-corrected chi connectivity index (χ3v) is 2.48. The molecule has 96 valence electrons. The lowest BCUT2D eigenvalue weighted by atomic mass is 9.86. The Morgan fingerprint density at radius 1 is 1.31 bits per heavy atom. The zero-order valence-electron chi connectivity index (χ0n) is 11.1. The summed E-state index contributed by atoms with van der Waals surface area (Å²) in [6.45, 7) is 9.25. The summed E-state index contributed by atoms with van der Waals surface area (Å²) in [5.41, 5.74) is 0. The second-order valence-corrected chi connectivity index (χ2v) is 3.58. The molecule has 3 nitrogen and oxygen atoms in total. The summed E-state index contributed by atoms with van der Waals surface area (Å²) in [6.07, 6.45) is 5.43. The first-order valence-corrected chi connectivity index (χ1v) is 6.12. The summed E-state index contributed by atoms with van der Waals surface area (Å²) < 4.78 is 0. The van der Waals surface area contributed by atoms with Crippen LogP contribution in [0.4, 0.5) is 0 Å². The Balaban J connectivity index is 0. The van der Waals surface area contributed by atoms with Crippen molar-refractivity contribution in [3.05, 3.63) is 12.7 Å². The van der Waals surface area contributed by atoms with Crippen molar-refractivity contribution in [1.82, 2.24) is 5.32 Å². The van der Waals surface area contributed by atoms with E-state index in [0.29, 0.717) is 6.04 Å². The van der Waals surface area contributed by atoms with Crippen LogP contribution >= 0.6 is 0 Å². The molecule has 1 rings (SSSR count). The van der Waals surface area contributed by atoms with Gasteiger partial charge in [0, 0.05) is 6.04 Å². The monoisotopic (exact) mass is 229 g/mol. The van der Waals surface area contributed by atoms with Crippen molar-refractivity contribution in [2.24, 2.45) is 5.92 Å². The molecule has 0 aromatic rings. The van der Waals surface area contributed by atoms with Crippen LogP contribution in [0.2, 0.25) is 0 Å². The molecule has 0 aromatic carbocycles. The topological polar surface area (TPSA) is 49.3 Å². The van der Waals surface area contributed by atoms with Gasteiger partial charge in [-0.15, -0.1) is 6.58 Å². The van der Waals surface area contributed by atoms with Gasteiger partial charge in [-0.05, 0) is 39.7 Å². The van der Waals surface area contributed by atoms with Crippen molar-refractivity contribution in [2.45, 2.75) is 52.5 Å². The lowest BCUT2D eigenvalue weighted by Gasteiger charge is -2.25. The maximum Gasteiger partial charge on any atom is 0.306 e. The van der Waals surface area contributed by atoms with Gasteiger partial charge in [-0.3, -0.25) is 4.79 Å². The molecule has 0 aliphatic heterocycles. The highest BCUT2D eigenvalue weighted by atomic mass is 16.4. The molecule has 0 aromatic heterocycles. The second-order valence-electron chi connectivity index (χ2n) is 3.58. The van der Waals surface area contributed by atoms with Crippen molar-refractivity contribution in [3.8, 4) is 0 Å². The molecule has 2 N–H and O–H groups in total. The van der Waals surface area contributed by atoms with E-state index in [0.717, 1.165) is 25.7 Å². The Morgan fingerprint density at radius 2 is 1.69 bits per heavy atom. The molecule has 0 amide bonds. The van der Waals surface area contributed by atoms with Gasteiger partial charge in [0.2, 0.25) is 0 Å². The number of carbonyl (C=O) groups is 1. The first-order valence-electron chi connectivity index (χ1n) is 6.12. The zero-order valence-corrected chi connectivity index (χ0v) is 11.1. The number of hydrogen-bond donors (Lipinski definition) is 2. The fourth-order valence-corrected chi connectivity index (χ4v) is 1.63. The molecule has 16 heavy (non-hydrogen) atoms. The summed E-state index contributed by atoms with van der Waals surface area (Å²) >= 11 is 0. The van der Waals surface area contributed by atoms with Crippen LogP contribution in [0.3, 0.4) is 0 Å². The zero-order chi connectivity index (χ0) is 13.0. The van der Waals surface area contributed by atoms with E-state index in [1.165, 1.54) is 0 Å². The Morgan fingerprint density at radius 3 is 1.94 bits per heavy atom. The molecule has 0 heterocycles. The Labute approximate surface area is 99.9 Å². The van der Waals surface area contributed by atoms with Crippen molar-refractivity contribution in [3.63, 3.8) is 0 Å². The lowest BCUT2D eigenvalue weighted by Crippen LogP contribution is -2.32. The average Bonchev–Trinajstić information content (AvgIpc) is 2.33. The van der Waals surface area contributed by atoms with E-state index in [1.54, 1.807) is 6.08 Å². The third kappa shape index (κ3) is 8.48. The molecule has 0 spiro atoms. The summed E-state index contributed by atoms with van der Waals surface area (Å²) in [7, 11) is 1.94. The largest absolute Gasteiger partial charge is 0.481 e. The molecule has 1 aliphatic rings. The van der Waals surface area contributed by atoms with Crippen LogP contribution in [-0.4, -0.2) is 24.2 Å². The van der Waals surface area contributed by atoms with Gasteiger partial charge in [0.25, 0.3) is 0 Å². The molecular formula is C13H27NO2. The molecule has 1 saturated carbocycles. The normalized spacial score (nSPS) is 23.0. The van der Waals surface area contributed by atoms with E-state index < -0.39 is 5.97 Å². The minimum Gasteiger partial charge on any atom is -0.481 e. The number of carboxylic acids is 1. The number of rotatable bonds is 2. The predicted molar refractivity (Wildman–Crippen MR) is 69.7 cm³/mol.